The molecule has 5 aromatic rings. The lowest BCUT2D eigenvalue weighted by molar-refractivity contribution is -0.118. The fraction of sp³-hybridized carbons (Fsp3) is 0.269. The minimum Gasteiger partial charge on any atom is -0.378 e. The second kappa shape index (κ2) is 9.76. The van der Waals surface area contributed by atoms with Crippen molar-refractivity contribution < 1.29 is 14.3 Å². The van der Waals surface area contributed by atoms with Gasteiger partial charge in [-0.1, -0.05) is 13.8 Å². The Morgan fingerprint density at radius 2 is 1.82 bits per heavy atom. The number of aromatic amines is 1. The second-order valence-electron chi connectivity index (χ2n) is 9.56. The number of imidazole rings is 1. The first-order valence-corrected chi connectivity index (χ1v) is 12.5. The number of aromatic nitrogens is 7. The van der Waals surface area contributed by atoms with E-state index in [9.17, 15) is 9.59 Å². The summed E-state index contributed by atoms with van der Waals surface area (Å²) >= 11 is 0. The first-order chi connectivity index (χ1) is 18.9. The van der Waals surface area contributed by atoms with Gasteiger partial charge in [0, 0.05) is 48.7 Å². The number of hydrogen-bond acceptors (Lipinski definition) is 9. The number of pyridine rings is 3. The molecule has 0 atom stereocenters. The van der Waals surface area contributed by atoms with Crippen LogP contribution in [0.1, 0.15) is 24.2 Å². The number of fused-ring (bicyclic) bond motifs is 2. The summed E-state index contributed by atoms with van der Waals surface area (Å²) < 4.78 is 6.75. The number of nitrogens with zero attached hydrogens (tertiary/aromatic N) is 7. The third-order valence-corrected chi connectivity index (χ3v) is 6.62. The molecule has 39 heavy (non-hydrogen) atoms. The average Bonchev–Trinajstić information content (AvgIpc) is 3.53. The van der Waals surface area contributed by atoms with E-state index in [-0.39, 0.29) is 17.7 Å². The number of nitrogens with two attached hydrogens (primary N) is 1. The largest absolute Gasteiger partial charge is 0.378 e. The zero-order chi connectivity index (χ0) is 27.1. The number of amides is 2. The van der Waals surface area contributed by atoms with Crippen LogP contribution in [0.25, 0.3) is 44.7 Å². The van der Waals surface area contributed by atoms with Gasteiger partial charge in [-0.2, -0.15) is 5.10 Å². The highest BCUT2D eigenvalue weighted by atomic mass is 16.5. The van der Waals surface area contributed by atoms with Crippen LogP contribution in [0.4, 0.5) is 5.69 Å². The van der Waals surface area contributed by atoms with E-state index < -0.39 is 0 Å². The van der Waals surface area contributed by atoms with Gasteiger partial charge in [-0.3, -0.25) is 24.7 Å². The molecule has 13 heteroatoms. The molecule has 1 saturated heterocycles. The Balaban J connectivity index is 1.40. The van der Waals surface area contributed by atoms with E-state index in [4.69, 9.17) is 15.6 Å². The van der Waals surface area contributed by atoms with E-state index in [2.05, 4.69) is 30.5 Å². The van der Waals surface area contributed by atoms with Gasteiger partial charge in [0.1, 0.15) is 16.7 Å². The molecule has 0 bridgehead atoms. The number of anilines is 1. The zero-order valence-corrected chi connectivity index (χ0v) is 21.4. The SMILES string of the molecule is CC(C)C(=O)Nc1cncc(-c2cnc3[nH]nc(-c4nc5c(C(=O)N6CCOCC6)cncc5n4N)c3c2)c1. The lowest BCUT2D eigenvalue weighted by Gasteiger charge is -2.26. The van der Waals surface area contributed by atoms with Crippen molar-refractivity contribution in [1.29, 1.82) is 0 Å². The fourth-order valence-electron chi connectivity index (χ4n) is 4.46. The molecule has 0 aliphatic carbocycles. The predicted octanol–water partition coefficient (Wildman–Crippen LogP) is 2.21. The van der Waals surface area contributed by atoms with E-state index in [1.165, 1.54) is 10.9 Å². The lowest BCUT2D eigenvalue weighted by Crippen LogP contribution is -2.40. The average molecular weight is 527 g/mol. The number of hydrogen-bond donors (Lipinski definition) is 3. The van der Waals surface area contributed by atoms with Crippen LogP contribution in [0.2, 0.25) is 0 Å². The van der Waals surface area contributed by atoms with Crippen LogP contribution in [0.15, 0.2) is 43.1 Å². The van der Waals surface area contributed by atoms with Crippen LogP contribution >= 0.6 is 0 Å². The Labute approximate surface area is 222 Å². The van der Waals surface area contributed by atoms with Gasteiger partial charge in [0.2, 0.25) is 5.91 Å². The van der Waals surface area contributed by atoms with Crippen molar-refractivity contribution in [3.8, 4) is 22.6 Å². The number of nitrogens with one attached hydrogen (secondary N) is 2. The van der Waals surface area contributed by atoms with Crippen molar-refractivity contribution in [2.75, 3.05) is 37.5 Å². The van der Waals surface area contributed by atoms with Gasteiger partial charge in [-0.05, 0) is 12.1 Å². The summed E-state index contributed by atoms with van der Waals surface area (Å²) in [4.78, 5) is 44.9. The number of ether oxygens (including phenoxy) is 1. The zero-order valence-electron chi connectivity index (χ0n) is 21.4. The van der Waals surface area contributed by atoms with Gasteiger partial charge in [-0.15, -0.1) is 0 Å². The van der Waals surface area contributed by atoms with E-state index in [0.717, 1.165) is 11.1 Å². The Hall–Kier alpha value is -4.91. The van der Waals surface area contributed by atoms with Crippen molar-refractivity contribution in [1.82, 2.24) is 39.7 Å². The van der Waals surface area contributed by atoms with Gasteiger partial charge in [0.05, 0.1) is 42.2 Å². The van der Waals surface area contributed by atoms with Gasteiger partial charge >= 0.3 is 0 Å². The Bertz CT molecular complexity index is 1720. The predicted molar refractivity (Wildman–Crippen MR) is 144 cm³/mol. The molecule has 0 radical (unpaired) electrons. The first kappa shape index (κ1) is 24.4. The normalized spacial score (nSPS) is 13.9. The van der Waals surface area contributed by atoms with Crippen LogP contribution in [-0.2, 0) is 9.53 Å². The highest BCUT2D eigenvalue weighted by molar-refractivity contribution is 6.05. The van der Waals surface area contributed by atoms with Gasteiger partial charge in [0.15, 0.2) is 11.5 Å². The summed E-state index contributed by atoms with van der Waals surface area (Å²) in [6, 6.07) is 3.74. The first-order valence-electron chi connectivity index (χ1n) is 12.5. The number of carbonyl (C=O) groups is 2. The van der Waals surface area contributed by atoms with Gasteiger partial charge in [0.25, 0.3) is 5.91 Å². The topological polar surface area (TPSA) is 170 Å². The van der Waals surface area contributed by atoms with Gasteiger partial charge < -0.3 is 20.8 Å². The summed E-state index contributed by atoms with van der Waals surface area (Å²) in [5.41, 5.74) is 4.45. The molecule has 1 aliphatic heterocycles. The molecule has 2 amide bonds. The third-order valence-electron chi connectivity index (χ3n) is 6.62. The van der Waals surface area contributed by atoms with Gasteiger partial charge in [-0.25, -0.2) is 14.6 Å². The molecular formula is C26H26N10O3. The number of H-pyrrole nitrogens is 1. The highest BCUT2D eigenvalue weighted by Crippen LogP contribution is 2.31. The standard InChI is InChI=1S/C26H26N10O3/c1-14(2)25(37)31-17-7-15(9-28-11-17)16-8-18-22(33-34-23(18)30-10-16)24-32-21-19(12-29-13-20(21)36(24)27)26(38)35-3-5-39-6-4-35/h7-14H,3-6,27H2,1-2H3,(H,31,37)(H,30,33,34). The third kappa shape index (κ3) is 4.42. The number of rotatable bonds is 5. The van der Waals surface area contributed by atoms with Crippen molar-refractivity contribution in [3.05, 3.63) is 48.7 Å². The molecule has 0 unspecified atom stereocenters. The quantitative estimate of drug-likeness (QED) is 0.291. The van der Waals surface area contributed by atoms with E-state index in [0.29, 0.717) is 71.1 Å². The van der Waals surface area contributed by atoms with Crippen LogP contribution in [-0.4, -0.2) is 77.8 Å². The Morgan fingerprint density at radius 3 is 2.62 bits per heavy atom. The molecule has 0 aromatic carbocycles. The number of nitrogen functional groups attached to an aromatic ring is 1. The Kier molecular flexibility index (Phi) is 6.11. The van der Waals surface area contributed by atoms with E-state index in [1.807, 2.05) is 26.0 Å². The lowest BCUT2D eigenvalue weighted by atomic mass is 10.1. The molecule has 1 fully saturated rings. The summed E-state index contributed by atoms with van der Waals surface area (Å²) in [5, 5.41) is 10.9. The monoisotopic (exact) mass is 526 g/mol. The van der Waals surface area contributed by atoms with E-state index >= 15 is 0 Å². The van der Waals surface area contributed by atoms with Crippen molar-refractivity contribution >= 4 is 39.6 Å². The molecule has 0 spiro atoms. The fourth-order valence-corrected chi connectivity index (χ4v) is 4.46. The van der Waals surface area contributed by atoms with E-state index in [1.54, 1.807) is 29.7 Å². The molecular weight excluding hydrogens is 500 g/mol. The second-order valence-corrected chi connectivity index (χ2v) is 9.56. The molecule has 13 nitrogen and oxygen atoms in total. The van der Waals surface area contributed by atoms with Crippen LogP contribution in [0.5, 0.6) is 0 Å². The van der Waals surface area contributed by atoms with Crippen molar-refractivity contribution in [3.63, 3.8) is 0 Å². The number of carbonyl (C=O) groups excluding carboxylic acids is 2. The minimum absolute atomic E-state index is 0.0949. The molecule has 6 rings (SSSR count). The van der Waals surface area contributed by atoms with Crippen LogP contribution < -0.4 is 11.2 Å². The molecule has 4 N–H and O–H groups in total. The molecule has 1 aliphatic rings. The maximum absolute atomic E-state index is 13.2. The molecule has 6 heterocycles. The smallest absolute Gasteiger partial charge is 0.257 e. The van der Waals surface area contributed by atoms with Crippen molar-refractivity contribution in [2.24, 2.45) is 5.92 Å². The van der Waals surface area contributed by atoms with Crippen LogP contribution in [0, 0.1) is 5.92 Å². The Morgan fingerprint density at radius 1 is 1.05 bits per heavy atom. The highest BCUT2D eigenvalue weighted by Gasteiger charge is 2.25. The minimum atomic E-state index is -0.172. The molecule has 198 valence electrons. The summed E-state index contributed by atoms with van der Waals surface area (Å²) in [6.45, 7) is 5.63. The molecule has 5 aromatic heterocycles. The maximum atomic E-state index is 13.2. The maximum Gasteiger partial charge on any atom is 0.257 e. The number of morpholine rings is 1. The molecule has 0 saturated carbocycles. The van der Waals surface area contributed by atoms with Crippen LogP contribution in [0.3, 0.4) is 0 Å². The van der Waals surface area contributed by atoms with Crippen molar-refractivity contribution in [2.45, 2.75) is 13.8 Å². The summed E-state index contributed by atoms with van der Waals surface area (Å²) in [7, 11) is 0. The summed E-state index contributed by atoms with van der Waals surface area (Å²) in [5.74, 6) is 6.39. The summed E-state index contributed by atoms with van der Waals surface area (Å²) in [6.07, 6.45) is 8.07.